The fraction of sp³-hybridized carbons (Fsp3) is 0.231. The number of carbonyl (C=O) groups excluding carboxylic acids is 1. The molecule has 2 atom stereocenters. The Balaban J connectivity index is 1.46. The number of nitrogens with one attached hydrogen (secondary N) is 1. The van der Waals surface area contributed by atoms with Crippen LogP contribution in [0.2, 0.25) is 0 Å². The van der Waals surface area contributed by atoms with Gasteiger partial charge in [-0.3, -0.25) is 4.79 Å². The van der Waals surface area contributed by atoms with Crippen molar-refractivity contribution < 1.29 is 31.8 Å². The molecule has 5 rings (SSSR count). The van der Waals surface area contributed by atoms with Crippen LogP contribution in [-0.2, 0) is 11.2 Å². The Hall–Kier alpha value is -4.08. The molecule has 3 aromatic carbocycles. The zero-order valence-corrected chi connectivity index (χ0v) is 19.1. The molecule has 1 aromatic heterocycles. The summed E-state index contributed by atoms with van der Waals surface area (Å²) in [6, 6.07) is 15.3. The number of nitrogens with zero attached hydrogens (tertiary/aromatic N) is 2. The maximum absolute atomic E-state index is 13.3. The van der Waals surface area contributed by atoms with Crippen LogP contribution in [0.3, 0.4) is 0 Å². The third kappa shape index (κ3) is 4.71. The largest absolute Gasteiger partial charge is 0.493 e. The maximum Gasteiger partial charge on any atom is 0.471 e. The van der Waals surface area contributed by atoms with Gasteiger partial charge in [-0.25, -0.2) is 9.07 Å². The number of fused-ring (bicyclic) bond motifs is 2. The van der Waals surface area contributed by atoms with Crippen LogP contribution in [0, 0.1) is 5.82 Å². The molecule has 10 heteroatoms. The number of hydrogen-bond donors (Lipinski definition) is 1. The molecule has 1 N–H and O–H groups in total. The number of aromatic nitrogens is 2. The number of carbonyl (C=O) groups is 1. The van der Waals surface area contributed by atoms with E-state index >= 15 is 0 Å². The first-order chi connectivity index (χ1) is 17.2. The van der Waals surface area contributed by atoms with E-state index in [0.717, 1.165) is 17.5 Å². The van der Waals surface area contributed by atoms with E-state index in [9.17, 15) is 22.4 Å². The lowest BCUT2D eigenvalue weighted by Crippen LogP contribution is -2.45. The van der Waals surface area contributed by atoms with E-state index in [2.05, 4.69) is 5.10 Å². The number of ether oxygens (including phenoxy) is 2. The van der Waals surface area contributed by atoms with Crippen LogP contribution in [0.1, 0.15) is 24.2 Å². The van der Waals surface area contributed by atoms with E-state index in [0.29, 0.717) is 34.7 Å². The first-order valence-electron chi connectivity index (χ1n) is 11.2. The molecule has 0 saturated carbocycles. The second-order valence-electron chi connectivity index (χ2n) is 8.52. The van der Waals surface area contributed by atoms with Gasteiger partial charge in [0.15, 0.2) is 0 Å². The van der Waals surface area contributed by atoms with Crippen LogP contribution >= 0.6 is 0 Å². The molecule has 186 valence electrons. The first-order valence-corrected chi connectivity index (χ1v) is 11.2. The summed E-state index contributed by atoms with van der Waals surface area (Å²) in [5, 5.41) is 7.06. The minimum absolute atomic E-state index is 0.361. The van der Waals surface area contributed by atoms with Gasteiger partial charge in [-0.05, 0) is 66.6 Å². The molecule has 0 saturated heterocycles. The van der Waals surface area contributed by atoms with Gasteiger partial charge in [-0.2, -0.15) is 18.3 Å². The molecular weight excluding hydrogens is 478 g/mol. The number of benzene rings is 3. The molecule has 0 spiro atoms. The highest BCUT2D eigenvalue weighted by molar-refractivity contribution is 5.82. The van der Waals surface area contributed by atoms with Gasteiger partial charge >= 0.3 is 12.1 Å². The Morgan fingerprint density at radius 1 is 1.11 bits per heavy atom. The van der Waals surface area contributed by atoms with Crippen molar-refractivity contribution in [2.45, 2.75) is 31.7 Å². The highest BCUT2D eigenvalue weighted by Crippen LogP contribution is 2.33. The predicted octanol–water partition coefficient (Wildman–Crippen LogP) is 5.29. The molecule has 6 nitrogen and oxygen atoms in total. The van der Waals surface area contributed by atoms with Crippen molar-refractivity contribution in [1.29, 1.82) is 0 Å². The van der Waals surface area contributed by atoms with Gasteiger partial charge in [-0.15, -0.1) is 0 Å². The SMILES string of the molecule is C[C@H](NC(=O)C(F)(F)F)[C@H](Oc1ccc2c(cnn2-c2ccc(F)cc2)c1)c1ccc2c(c1)OCC2. The van der Waals surface area contributed by atoms with Gasteiger partial charge in [0.05, 0.1) is 30.0 Å². The molecular formula is C26H21F4N3O3. The molecule has 2 heterocycles. The first kappa shape index (κ1) is 23.7. The average molecular weight is 499 g/mol. The summed E-state index contributed by atoms with van der Waals surface area (Å²) < 4.78 is 65.4. The summed E-state index contributed by atoms with van der Waals surface area (Å²) in [6.07, 6.45) is -3.60. The second-order valence-corrected chi connectivity index (χ2v) is 8.52. The Labute approximate surface area is 203 Å². The number of hydrogen-bond acceptors (Lipinski definition) is 4. The molecule has 4 aromatic rings. The van der Waals surface area contributed by atoms with Gasteiger partial charge < -0.3 is 14.8 Å². The van der Waals surface area contributed by atoms with Crippen molar-refractivity contribution in [2.75, 3.05) is 6.61 Å². The van der Waals surface area contributed by atoms with E-state index < -0.39 is 24.2 Å². The summed E-state index contributed by atoms with van der Waals surface area (Å²) in [6.45, 7) is 1.98. The third-order valence-electron chi connectivity index (χ3n) is 5.99. The fourth-order valence-corrected chi connectivity index (χ4v) is 4.20. The zero-order valence-electron chi connectivity index (χ0n) is 19.1. The van der Waals surface area contributed by atoms with Crippen LogP contribution < -0.4 is 14.8 Å². The fourth-order valence-electron chi connectivity index (χ4n) is 4.20. The standard InChI is InChI=1S/C26H21F4N3O3/c1-15(32-25(34)26(28,29)30)24(17-3-2-16-10-11-35-23(16)13-17)36-21-8-9-22-18(12-21)14-31-33(22)20-6-4-19(27)5-7-20/h2-9,12-15,24H,10-11H2,1H3,(H,32,34)/t15-,24-/m0/s1. The van der Waals surface area contributed by atoms with E-state index in [1.807, 2.05) is 11.4 Å². The molecule has 36 heavy (non-hydrogen) atoms. The molecule has 0 aliphatic carbocycles. The van der Waals surface area contributed by atoms with Crippen molar-refractivity contribution in [3.8, 4) is 17.2 Å². The summed E-state index contributed by atoms with van der Waals surface area (Å²) in [4.78, 5) is 11.6. The van der Waals surface area contributed by atoms with Crippen LogP contribution in [0.4, 0.5) is 17.6 Å². The maximum atomic E-state index is 13.3. The highest BCUT2D eigenvalue weighted by Gasteiger charge is 2.40. The van der Waals surface area contributed by atoms with Gasteiger partial charge in [0.1, 0.15) is 23.4 Å². The predicted molar refractivity (Wildman–Crippen MR) is 124 cm³/mol. The lowest BCUT2D eigenvalue weighted by molar-refractivity contribution is -0.174. The topological polar surface area (TPSA) is 65.4 Å². The quantitative estimate of drug-likeness (QED) is 0.367. The third-order valence-corrected chi connectivity index (χ3v) is 5.99. The van der Waals surface area contributed by atoms with Gasteiger partial charge in [0.25, 0.3) is 0 Å². The minimum Gasteiger partial charge on any atom is -0.493 e. The molecule has 1 amide bonds. The molecule has 0 radical (unpaired) electrons. The summed E-state index contributed by atoms with van der Waals surface area (Å²) in [5.41, 5.74) is 2.96. The number of alkyl halides is 3. The van der Waals surface area contributed by atoms with Crippen LogP contribution in [0.15, 0.2) is 66.9 Å². The highest BCUT2D eigenvalue weighted by atomic mass is 19.4. The molecule has 1 aliphatic rings. The number of rotatable bonds is 6. The van der Waals surface area contributed by atoms with Crippen molar-refractivity contribution in [1.82, 2.24) is 15.1 Å². The van der Waals surface area contributed by atoms with Crippen molar-refractivity contribution in [3.63, 3.8) is 0 Å². The Morgan fingerprint density at radius 3 is 2.64 bits per heavy atom. The molecule has 0 unspecified atom stereocenters. The number of amides is 1. The van der Waals surface area contributed by atoms with E-state index in [1.165, 1.54) is 19.1 Å². The molecule has 1 aliphatic heterocycles. The Morgan fingerprint density at radius 2 is 1.89 bits per heavy atom. The van der Waals surface area contributed by atoms with Gasteiger partial charge in [-0.1, -0.05) is 12.1 Å². The molecule has 0 bridgehead atoms. The molecule has 0 fully saturated rings. The van der Waals surface area contributed by atoms with Gasteiger partial charge in [0.2, 0.25) is 0 Å². The number of halogens is 4. The normalized spacial score (nSPS) is 14.7. The van der Waals surface area contributed by atoms with Crippen molar-refractivity contribution >= 4 is 16.8 Å². The minimum atomic E-state index is -5.02. The lowest BCUT2D eigenvalue weighted by Gasteiger charge is -2.27. The van der Waals surface area contributed by atoms with E-state index in [1.54, 1.807) is 53.3 Å². The zero-order chi connectivity index (χ0) is 25.4. The monoisotopic (exact) mass is 499 g/mol. The van der Waals surface area contributed by atoms with Gasteiger partial charge in [0, 0.05) is 11.8 Å². The summed E-state index contributed by atoms with van der Waals surface area (Å²) >= 11 is 0. The van der Waals surface area contributed by atoms with Crippen LogP contribution in [0.5, 0.6) is 11.5 Å². The Bertz CT molecular complexity index is 1420. The Kier molecular flexibility index (Phi) is 6.03. The lowest BCUT2D eigenvalue weighted by atomic mass is 10.0. The smallest absolute Gasteiger partial charge is 0.471 e. The second kappa shape index (κ2) is 9.18. The summed E-state index contributed by atoms with van der Waals surface area (Å²) in [5.74, 6) is -1.38. The van der Waals surface area contributed by atoms with Crippen molar-refractivity contribution in [2.24, 2.45) is 0 Å². The van der Waals surface area contributed by atoms with Crippen LogP contribution in [0.25, 0.3) is 16.6 Å². The average Bonchev–Trinajstić information content (AvgIpc) is 3.48. The van der Waals surface area contributed by atoms with Crippen LogP contribution in [-0.4, -0.2) is 34.5 Å². The van der Waals surface area contributed by atoms with E-state index in [4.69, 9.17) is 9.47 Å². The van der Waals surface area contributed by atoms with E-state index in [-0.39, 0.29) is 5.82 Å². The van der Waals surface area contributed by atoms with Crippen molar-refractivity contribution in [3.05, 3.63) is 83.8 Å². The summed E-state index contributed by atoms with van der Waals surface area (Å²) in [7, 11) is 0.